The second kappa shape index (κ2) is 5.07. The summed E-state index contributed by atoms with van der Waals surface area (Å²) in [4.78, 5) is 17.2. The molecule has 14 heavy (non-hydrogen) atoms. The van der Waals surface area contributed by atoms with Gasteiger partial charge in [-0.2, -0.15) is 0 Å². The van der Waals surface area contributed by atoms with E-state index in [1.807, 2.05) is 19.4 Å². The summed E-state index contributed by atoms with van der Waals surface area (Å²) in [5.74, 6) is 0.0397. The highest BCUT2D eigenvalue weighted by molar-refractivity contribution is 7.14. The normalized spacial score (nSPS) is 10.2. The molecule has 0 atom stereocenters. The first-order chi connectivity index (χ1) is 6.69. The molecule has 0 aliphatic rings. The maximum absolute atomic E-state index is 11.2. The van der Waals surface area contributed by atoms with Gasteiger partial charge in [-0.15, -0.1) is 11.3 Å². The number of hydrogen-bond acceptors (Lipinski definition) is 4. The van der Waals surface area contributed by atoms with E-state index in [4.69, 9.17) is 0 Å². The van der Waals surface area contributed by atoms with Crippen LogP contribution in [0.25, 0.3) is 0 Å². The summed E-state index contributed by atoms with van der Waals surface area (Å²) in [6.45, 7) is 4.91. The lowest BCUT2D eigenvalue weighted by Gasteiger charge is -2.14. The number of aromatic nitrogens is 1. The lowest BCUT2D eigenvalue weighted by atomic mass is 10.5. The smallest absolute Gasteiger partial charge is 0.225 e. The molecule has 1 heterocycles. The van der Waals surface area contributed by atoms with Crippen molar-refractivity contribution in [2.24, 2.45) is 0 Å². The number of nitrogens with one attached hydrogen (secondary N) is 1. The maximum Gasteiger partial charge on any atom is 0.225 e. The van der Waals surface area contributed by atoms with Crippen molar-refractivity contribution in [3.63, 3.8) is 0 Å². The molecule has 0 aromatic carbocycles. The molecule has 0 bridgehead atoms. The Hall–Kier alpha value is -0.940. The highest BCUT2D eigenvalue weighted by Gasteiger charge is 2.12. The van der Waals surface area contributed by atoms with Crippen LogP contribution >= 0.6 is 11.3 Å². The number of anilines is 1. The summed E-state index contributed by atoms with van der Waals surface area (Å²) in [6, 6.07) is 0. The molecule has 0 saturated heterocycles. The second-order valence-electron chi connectivity index (χ2n) is 2.92. The average molecular weight is 213 g/mol. The van der Waals surface area contributed by atoms with Crippen LogP contribution in [0.15, 0.2) is 5.38 Å². The van der Waals surface area contributed by atoms with Crippen molar-refractivity contribution in [2.45, 2.75) is 20.4 Å². The first-order valence-electron chi connectivity index (χ1n) is 4.56. The summed E-state index contributed by atoms with van der Waals surface area (Å²) >= 11 is 1.50. The summed E-state index contributed by atoms with van der Waals surface area (Å²) < 4.78 is 0. The molecule has 0 aliphatic heterocycles. The molecule has 0 spiro atoms. The fraction of sp³-hybridized carbons (Fsp3) is 0.556. The van der Waals surface area contributed by atoms with Crippen molar-refractivity contribution in [2.75, 3.05) is 18.5 Å². The molecule has 0 aliphatic carbocycles. The van der Waals surface area contributed by atoms with Crippen molar-refractivity contribution in [1.29, 1.82) is 0 Å². The topological polar surface area (TPSA) is 45.2 Å². The van der Waals surface area contributed by atoms with E-state index < -0.39 is 0 Å². The Morgan fingerprint density at radius 3 is 2.93 bits per heavy atom. The Bertz CT molecular complexity index is 311. The van der Waals surface area contributed by atoms with Crippen LogP contribution in [0.3, 0.4) is 0 Å². The van der Waals surface area contributed by atoms with Gasteiger partial charge in [0.05, 0.1) is 5.69 Å². The van der Waals surface area contributed by atoms with Crippen LogP contribution in [0.5, 0.6) is 0 Å². The van der Waals surface area contributed by atoms with Gasteiger partial charge in [-0.3, -0.25) is 9.69 Å². The van der Waals surface area contributed by atoms with E-state index in [1.165, 1.54) is 11.3 Å². The summed E-state index contributed by atoms with van der Waals surface area (Å²) in [6.07, 6.45) is 0. The van der Waals surface area contributed by atoms with E-state index in [9.17, 15) is 4.79 Å². The van der Waals surface area contributed by atoms with Crippen LogP contribution < -0.4 is 10.2 Å². The number of carbonyl (C=O) groups excluding carboxylic acids is 1. The Kier molecular flexibility index (Phi) is 4.03. The Balaban J connectivity index is 2.78. The molecule has 0 radical (unpaired) electrons. The van der Waals surface area contributed by atoms with Crippen molar-refractivity contribution in [1.82, 2.24) is 10.3 Å². The average Bonchev–Trinajstić information content (AvgIpc) is 2.54. The van der Waals surface area contributed by atoms with Gasteiger partial charge in [-0.05, 0) is 14.0 Å². The number of hydrogen-bond donors (Lipinski definition) is 1. The Labute approximate surface area is 88.0 Å². The third kappa shape index (κ3) is 2.52. The van der Waals surface area contributed by atoms with Crippen molar-refractivity contribution >= 4 is 22.4 Å². The largest absolute Gasteiger partial charge is 0.314 e. The molecule has 0 unspecified atom stereocenters. The first-order valence-corrected chi connectivity index (χ1v) is 5.44. The van der Waals surface area contributed by atoms with Gasteiger partial charge in [0.25, 0.3) is 0 Å². The number of amides is 1. The Morgan fingerprint density at radius 2 is 2.43 bits per heavy atom. The minimum Gasteiger partial charge on any atom is -0.314 e. The molecule has 0 saturated carbocycles. The molecule has 1 rings (SSSR count). The third-order valence-electron chi connectivity index (χ3n) is 1.82. The first kappa shape index (κ1) is 11.1. The van der Waals surface area contributed by atoms with Gasteiger partial charge in [-0.1, -0.05) is 0 Å². The molecule has 78 valence electrons. The lowest BCUT2D eigenvalue weighted by Crippen LogP contribution is -2.27. The van der Waals surface area contributed by atoms with Crippen LogP contribution in [-0.2, 0) is 11.3 Å². The number of nitrogens with zero attached hydrogens (tertiary/aromatic N) is 2. The van der Waals surface area contributed by atoms with Gasteiger partial charge in [0.1, 0.15) is 0 Å². The van der Waals surface area contributed by atoms with E-state index in [1.54, 1.807) is 11.8 Å². The monoisotopic (exact) mass is 213 g/mol. The summed E-state index contributed by atoms with van der Waals surface area (Å²) in [5.41, 5.74) is 0.979. The lowest BCUT2D eigenvalue weighted by molar-refractivity contribution is -0.116. The number of thiazole rings is 1. The fourth-order valence-electron chi connectivity index (χ4n) is 1.18. The molecule has 1 aromatic rings. The van der Waals surface area contributed by atoms with Gasteiger partial charge in [-0.25, -0.2) is 4.98 Å². The van der Waals surface area contributed by atoms with Gasteiger partial charge in [0, 0.05) is 25.4 Å². The fourth-order valence-corrected chi connectivity index (χ4v) is 2.11. The highest BCUT2D eigenvalue weighted by atomic mass is 32.1. The molecule has 1 N–H and O–H groups in total. The number of rotatable bonds is 4. The molecule has 5 heteroatoms. The standard InChI is InChI=1S/C9H15N3OS/c1-4-12(7(2)13)9-11-8(5-10-3)6-14-9/h6,10H,4-5H2,1-3H3. The van der Waals surface area contributed by atoms with Crippen LogP contribution in [0.2, 0.25) is 0 Å². The summed E-state index contributed by atoms with van der Waals surface area (Å²) in [7, 11) is 1.88. The van der Waals surface area contributed by atoms with Crippen molar-refractivity contribution in [3.8, 4) is 0 Å². The van der Waals surface area contributed by atoms with Gasteiger partial charge in [0.15, 0.2) is 5.13 Å². The van der Waals surface area contributed by atoms with Crippen LogP contribution in [0.1, 0.15) is 19.5 Å². The molecule has 0 fully saturated rings. The predicted molar refractivity (Wildman–Crippen MR) is 58.6 cm³/mol. The molecular weight excluding hydrogens is 198 g/mol. The van der Waals surface area contributed by atoms with E-state index in [-0.39, 0.29) is 5.91 Å². The minimum atomic E-state index is 0.0397. The highest BCUT2D eigenvalue weighted by Crippen LogP contribution is 2.20. The van der Waals surface area contributed by atoms with E-state index >= 15 is 0 Å². The maximum atomic E-state index is 11.2. The second-order valence-corrected chi connectivity index (χ2v) is 3.75. The van der Waals surface area contributed by atoms with Crippen LogP contribution in [-0.4, -0.2) is 24.5 Å². The van der Waals surface area contributed by atoms with Crippen LogP contribution in [0, 0.1) is 0 Å². The molecule has 1 aromatic heterocycles. The zero-order valence-electron chi connectivity index (χ0n) is 8.70. The Morgan fingerprint density at radius 1 is 1.71 bits per heavy atom. The predicted octanol–water partition coefficient (Wildman–Crippen LogP) is 1.24. The molecular formula is C9H15N3OS. The van der Waals surface area contributed by atoms with E-state index in [0.717, 1.165) is 17.4 Å². The van der Waals surface area contributed by atoms with Gasteiger partial charge < -0.3 is 5.32 Å². The van der Waals surface area contributed by atoms with Crippen molar-refractivity contribution in [3.05, 3.63) is 11.1 Å². The van der Waals surface area contributed by atoms with Crippen molar-refractivity contribution < 1.29 is 4.79 Å². The van der Waals surface area contributed by atoms with Gasteiger partial charge in [0.2, 0.25) is 5.91 Å². The summed E-state index contributed by atoms with van der Waals surface area (Å²) in [5, 5.41) is 5.78. The quantitative estimate of drug-likeness (QED) is 0.818. The molecule has 4 nitrogen and oxygen atoms in total. The number of carbonyl (C=O) groups is 1. The van der Waals surface area contributed by atoms with E-state index in [0.29, 0.717) is 6.54 Å². The van der Waals surface area contributed by atoms with Gasteiger partial charge >= 0.3 is 0 Å². The SMILES string of the molecule is CCN(C(C)=O)c1nc(CNC)cs1. The minimum absolute atomic E-state index is 0.0397. The molecule has 1 amide bonds. The van der Waals surface area contributed by atoms with E-state index in [2.05, 4.69) is 10.3 Å². The third-order valence-corrected chi connectivity index (χ3v) is 2.74. The van der Waals surface area contributed by atoms with Crippen LogP contribution in [0.4, 0.5) is 5.13 Å². The zero-order chi connectivity index (χ0) is 10.6. The zero-order valence-corrected chi connectivity index (χ0v) is 9.52.